The number of hydrogen-bond acceptors (Lipinski definition) is 0. The summed E-state index contributed by atoms with van der Waals surface area (Å²) in [7, 11) is 0. The molecule has 1 fully saturated rings. The van der Waals surface area contributed by atoms with Crippen LogP contribution in [0.5, 0.6) is 0 Å². The topological polar surface area (TPSA) is 17.6 Å². The Morgan fingerprint density at radius 3 is 0.950 bits per heavy atom. The van der Waals surface area contributed by atoms with Gasteiger partial charge in [0.2, 0.25) is 12.7 Å². The number of para-hydroxylation sites is 4. The van der Waals surface area contributed by atoms with Crippen molar-refractivity contribution in [3.63, 3.8) is 0 Å². The summed E-state index contributed by atoms with van der Waals surface area (Å²) in [5.74, 6) is 0. The van der Waals surface area contributed by atoms with Crippen molar-refractivity contribution in [1.82, 2.24) is 9.13 Å². The molecule has 1 aliphatic rings. The molecule has 10 aromatic rings. The first-order valence-corrected chi connectivity index (χ1v) is 21.3. The zero-order valence-corrected chi connectivity index (χ0v) is 33.6. The van der Waals surface area contributed by atoms with Gasteiger partial charge in [-0.25, -0.2) is 9.13 Å². The molecular formula is C56H46N4+2. The zero-order chi connectivity index (χ0) is 39.8. The lowest BCUT2D eigenvalue weighted by atomic mass is 9.89. The number of rotatable bonds is 8. The summed E-state index contributed by atoms with van der Waals surface area (Å²) in [4.78, 5) is 0. The molecule has 11 rings (SSSR count). The summed E-state index contributed by atoms with van der Waals surface area (Å²) < 4.78 is 10.0. The van der Waals surface area contributed by atoms with E-state index in [0.717, 1.165) is 24.2 Å². The fourth-order valence-electron chi connectivity index (χ4n) is 9.64. The van der Waals surface area contributed by atoms with Crippen LogP contribution in [0.4, 0.5) is 0 Å². The van der Waals surface area contributed by atoms with Crippen LogP contribution in [0.2, 0.25) is 0 Å². The second kappa shape index (κ2) is 15.5. The van der Waals surface area contributed by atoms with E-state index < -0.39 is 0 Å². The van der Waals surface area contributed by atoms with E-state index in [0.29, 0.717) is 0 Å². The Kier molecular flexibility index (Phi) is 9.24. The van der Waals surface area contributed by atoms with Gasteiger partial charge in [0.25, 0.3) is 0 Å². The van der Waals surface area contributed by atoms with E-state index in [1.807, 2.05) is 0 Å². The highest BCUT2D eigenvalue weighted by atomic mass is 15.2. The van der Waals surface area contributed by atoms with E-state index in [1.165, 1.54) is 79.4 Å². The fourth-order valence-corrected chi connectivity index (χ4v) is 9.64. The molecule has 0 radical (unpaired) electrons. The number of nitrogens with zero attached hydrogens (tertiary/aromatic N) is 4. The number of aromatic nitrogens is 4. The molecular weight excluding hydrogens is 729 g/mol. The van der Waals surface area contributed by atoms with E-state index in [2.05, 4.69) is 237 Å². The average Bonchev–Trinajstić information content (AvgIpc) is 3.92. The first-order valence-electron chi connectivity index (χ1n) is 21.3. The molecule has 0 unspecified atom stereocenters. The van der Waals surface area contributed by atoms with Gasteiger partial charge in [-0.1, -0.05) is 146 Å². The molecule has 288 valence electrons. The molecule has 0 saturated heterocycles. The standard InChI is InChI=1S/C56H46N4/c1-5-19-41(20-6-1)45-33-46(42-21-7-2-8-22-42)36-49(35-45)57-39-59(53-29-15-13-27-51(53)57)55-31-17-18-32-56(55)60-40-58(52-28-14-16-30-54(52)60)50-37-47(43-23-9-3-10-24-43)34-48(38-50)44-25-11-4-12-26-44/h1-16,19-30,33-40,55-56H,17-18,31-32H2/q+2/t55-,56-/m1/s1. The maximum absolute atomic E-state index is 2.60. The molecule has 0 amide bonds. The van der Waals surface area contributed by atoms with Crippen molar-refractivity contribution in [3.05, 3.63) is 219 Å². The summed E-state index contributed by atoms with van der Waals surface area (Å²) in [5, 5.41) is 0. The van der Waals surface area contributed by atoms with E-state index in [4.69, 9.17) is 0 Å². The highest BCUT2D eigenvalue weighted by molar-refractivity contribution is 5.81. The van der Waals surface area contributed by atoms with Gasteiger partial charge in [0, 0.05) is 0 Å². The van der Waals surface area contributed by atoms with Gasteiger partial charge in [0.05, 0.1) is 0 Å². The molecule has 2 aromatic heterocycles. The molecule has 2 heterocycles. The van der Waals surface area contributed by atoms with Crippen LogP contribution in [0.25, 0.3) is 77.9 Å². The summed E-state index contributed by atoms with van der Waals surface area (Å²) >= 11 is 0. The van der Waals surface area contributed by atoms with Crippen molar-refractivity contribution in [2.24, 2.45) is 0 Å². The first-order chi connectivity index (χ1) is 29.7. The first kappa shape index (κ1) is 35.8. The lowest BCUT2D eigenvalue weighted by Gasteiger charge is -2.27. The van der Waals surface area contributed by atoms with Gasteiger partial charge >= 0.3 is 0 Å². The Hall–Kier alpha value is -7.30. The minimum atomic E-state index is 0.260. The van der Waals surface area contributed by atoms with Gasteiger partial charge in [0.1, 0.15) is 23.5 Å². The van der Waals surface area contributed by atoms with Crippen LogP contribution in [0, 0.1) is 0 Å². The van der Waals surface area contributed by atoms with Crippen LogP contribution >= 0.6 is 0 Å². The summed E-state index contributed by atoms with van der Waals surface area (Å²) in [6, 6.07) is 75.6. The summed E-state index contributed by atoms with van der Waals surface area (Å²) in [6.45, 7) is 0. The van der Waals surface area contributed by atoms with Gasteiger partial charge < -0.3 is 0 Å². The van der Waals surface area contributed by atoms with E-state index >= 15 is 0 Å². The molecule has 1 aliphatic carbocycles. The molecule has 0 N–H and O–H groups in total. The van der Waals surface area contributed by atoms with E-state index in [9.17, 15) is 0 Å². The van der Waals surface area contributed by atoms with Gasteiger partial charge in [-0.05, 0) is 131 Å². The average molecular weight is 775 g/mol. The molecule has 0 bridgehead atoms. The van der Waals surface area contributed by atoms with E-state index in [-0.39, 0.29) is 12.1 Å². The largest absolute Gasteiger partial charge is 0.250 e. The Labute approximate surface area is 351 Å². The monoisotopic (exact) mass is 774 g/mol. The second-order valence-electron chi connectivity index (χ2n) is 16.2. The van der Waals surface area contributed by atoms with Crippen molar-refractivity contribution in [1.29, 1.82) is 0 Å². The quantitative estimate of drug-likeness (QED) is 0.137. The Bertz CT molecular complexity index is 2760. The molecule has 60 heavy (non-hydrogen) atoms. The molecule has 1 saturated carbocycles. The van der Waals surface area contributed by atoms with E-state index in [1.54, 1.807) is 0 Å². The van der Waals surface area contributed by atoms with Crippen LogP contribution in [-0.2, 0) is 0 Å². The normalized spacial score (nSPS) is 15.4. The highest BCUT2D eigenvalue weighted by Crippen LogP contribution is 2.37. The highest BCUT2D eigenvalue weighted by Gasteiger charge is 2.39. The lowest BCUT2D eigenvalue weighted by Crippen LogP contribution is -2.53. The Morgan fingerprint density at radius 2 is 0.617 bits per heavy atom. The van der Waals surface area contributed by atoms with Crippen LogP contribution in [0.15, 0.2) is 219 Å². The van der Waals surface area contributed by atoms with Gasteiger partial charge in [-0.15, -0.1) is 0 Å². The van der Waals surface area contributed by atoms with Crippen LogP contribution in [0.3, 0.4) is 0 Å². The lowest BCUT2D eigenvalue weighted by molar-refractivity contribution is -0.798. The van der Waals surface area contributed by atoms with Crippen molar-refractivity contribution in [3.8, 4) is 55.9 Å². The number of imidazole rings is 2. The van der Waals surface area contributed by atoms with Crippen molar-refractivity contribution in [2.45, 2.75) is 37.8 Å². The molecule has 8 aromatic carbocycles. The van der Waals surface area contributed by atoms with Crippen molar-refractivity contribution in [2.75, 3.05) is 0 Å². The number of fused-ring (bicyclic) bond motifs is 2. The van der Waals surface area contributed by atoms with Crippen LogP contribution < -0.4 is 9.13 Å². The Balaban J connectivity index is 1.06. The summed E-state index contributed by atoms with van der Waals surface area (Å²) in [5.41, 5.74) is 17.0. The predicted molar refractivity (Wildman–Crippen MR) is 245 cm³/mol. The SMILES string of the molecule is c1ccc(-c2cc(-c3ccccc3)cc(-n3c[n+]([C@@H]4CCCC[C@H]4[n+]4cn(-c5cc(-c6ccccc6)cc(-c6ccccc6)c5)c5ccccc54)c4ccccc43)c2)cc1. The maximum Gasteiger partial charge on any atom is 0.250 e. The predicted octanol–water partition coefficient (Wildman–Crippen LogP) is 13.2. The second-order valence-corrected chi connectivity index (χ2v) is 16.2. The minimum Gasteiger partial charge on any atom is -0.222 e. The maximum atomic E-state index is 2.60. The van der Waals surface area contributed by atoms with Gasteiger partial charge in [-0.2, -0.15) is 9.13 Å². The van der Waals surface area contributed by atoms with Crippen LogP contribution in [-0.4, -0.2) is 9.13 Å². The summed E-state index contributed by atoms with van der Waals surface area (Å²) in [6.07, 6.45) is 9.40. The van der Waals surface area contributed by atoms with Gasteiger partial charge in [0.15, 0.2) is 22.1 Å². The molecule has 2 atom stereocenters. The van der Waals surface area contributed by atoms with Gasteiger partial charge in [-0.3, -0.25) is 0 Å². The fraction of sp³-hybridized carbons (Fsp3) is 0.107. The number of benzene rings is 8. The minimum absolute atomic E-state index is 0.260. The van der Waals surface area contributed by atoms with Crippen molar-refractivity contribution < 1.29 is 9.13 Å². The Morgan fingerprint density at radius 1 is 0.317 bits per heavy atom. The number of hydrogen-bond donors (Lipinski definition) is 0. The molecule has 4 heteroatoms. The third-order valence-corrected chi connectivity index (χ3v) is 12.5. The molecule has 4 nitrogen and oxygen atoms in total. The third kappa shape index (κ3) is 6.60. The molecule has 0 spiro atoms. The third-order valence-electron chi connectivity index (χ3n) is 12.5. The van der Waals surface area contributed by atoms with Crippen molar-refractivity contribution >= 4 is 22.1 Å². The molecule has 0 aliphatic heterocycles. The smallest absolute Gasteiger partial charge is 0.222 e. The van der Waals surface area contributed by atoms with Crippen LogP contribution in [0.1, 0.15) is 37.8 Å². The zero-order valence-electron chi connectivity index (χ0n) is 33.6.